The molecule has 0 aliphatic carbocycles. The molecule has 0 aromatic heterocycles. The highest BCUT2D eigenvalue weighted by Crippen LogP contribution is 2.40. The highest BCUT2D eigenvalue weighted by atomic mass is 35.5. The van der Waals surface area contributed by atoms with Crippen molar-refractivity contribution in [1.29, 1.82) is 0 Å². The van der Waals surface area contributed by atoms with Gasteiger partial charge in [-0.1, -0.05) is 53.2 Å². The second kappa shape index (κ2) is 15.3. The topological polar surface area (TPSA) is 127 Å². The maximum Gasteiger partial charge on any atom is 0.411 e. The van der Waals surface area contributed by atoms with Gasteiger partial charge in [0.15, 0.2) is 5.82 Å². The Morgan fingerprint density at radius 3 is 2.28 bits per heavy atom. The predicted molar refractivity (Wildman–Crippen MR) is 202 cm³/mol. The maximum absolute atomic E-state index is 14.9. The Morgan fingerprint density at radius 2 is 1.57 bits per heavy atom. The summed E-state index contributed by atoms with van der Waals surface area (Å²) in [7, 11) is 0. The van der Waals surface area contributed by atoms with Crippen LogP contribution in [0.15, 0.2) is 78.0 Å². The van der Waals surface area contributed by atoms with Gasteiger partial charge in [0, 0.05) is 30.8 Å². The van der Waals surface area contributed by atoms with Gasteiger partial charge in [0.1, 0.15) is 17.2 Å². The molecule has 0 saturated heterocycles. The van der Waals surface area contributed by atoms with E-state index in [1.807, 2.05) is 51.1 Å². The minimum atomic E-state index is -1.11. The number of carbonyl (C=O) groups is 4. The second-order valence-electron chi connectivity index (χ2n) is 15.5. The molecule has 1 N–H and O–H groups in total. The van der Waals surface area contributed by atoms with Crippen LogP contribution in [0.1, 0.15) is 99.1 Å². The first-order valence-electron chi connectivity index (χ1n) is 17.9. The average molecular weight is 759 g/mol. The van der Waals surface area contributed by atoms with Crippen LogP contribution in [-0.4, -0.2) is 69.8 Å². The van der Waals surface area contributed by atoms with Crippen LogP contribution in [0.2, 0.25) is 5.02 Å². The fraction of sp³-hybridized carbons (Fsp3) is 0.390. The zero-order valence-corrected chi connectivity index (χ0v) is 31.9. The number of hydrogen-bond donors (Lipinski definition) is 1. The first-order valence-corrected chi connectivity index (χ1v) is 18.3. The predicted octanol–water partition coefficient (Wildman–Crippen LogP) is 7.93. The van der Waals surface area contributed by atoms with Crippen molar-refractivity contribution < 1.29 is 37.9 Å². The summed E-state index contributed by atoms with van der Waals surface area (Å²) >= 11 is 6.01. The molecule has 0 fully saturated rings. The van der Waals surface area contributed by atoms with E-state index in [2.05, 4.69) is 10.5 Å². The third kappa shape index (κ3) is 8.44. The summed E-state index contributed by atoms with van der Waals surface area (Å²) in [6.07, 6.45) is 3.28. The van der Waals surface area contributed by atoms with Crippen LogP contribution >= 0.6 is 11.6 Å². The molecule has 54 heavy (non-hydrogen) atoms. The minimum Gasteiger partial charge on any atom is -0.456 e. The Balaban J connectivity index is 1.32. The first-order chi connectivity index (χ1) is 25.5. The highest BCUT2D eigenvalue weighted by molar-refractivity contribution is 6.31. The molecule has 3 heterocycles. The lowest BCUT2D eigenvalue weighted by Gasteiger charge is -2.40. The average Bonchev–Trinajstić information content (AvgIpc) is 3.61. The van der Waals surface area contributed by atoms with Crippen LogP contribution in [0.5, 0.6) is 0 Å². The largest absolute Gasteiger partial charge is 0.456 e. The number of ether oxygens (including phenoxy) is 2. The van der Waals surface area contributed by atoms with Crippen LogP contribution in [0.4, 0.5) is 14.9 Å². The lowest BCUT2D eigenvalue weighted by atomic mass is 9.84. The van der Waals surface area contributed by atoms with Gasteiger partial charge in [0.2, 0.25) is 6.10 Å². The number of oxime groups is 1. The quantitative estimate of drug-likeness (QED) is 0.200. The molecule has 0 radical (unpaired) electrons. The molecule has 3 aliphatic heterocycles. The smallest absolute Gasteiger partial charge is 0.411 e. The monoisotopic (exact) mass is 758 g/mol. The molecule has 3 aliphatic rings. The fourth-order valence-electron chi connectivity index (χ4n) is 6.83. The number of hydrogen-bond acceptors (Lipinski definition) is 8. The van der Waals surface area contributed by atoms with Crippen LogP contribution in [0.25, 0.3) is 0 Å². The molecule has 0 saturated carbocycles. The fourth-order valence-corrected chi connectivity index (χ4v) is 7.01. The number of rotatable bonds is 6. The number of anilines is 1. The van der Waals surface area contributed by atoms with E-state index >= 15 is 0 Å². The maximum atomic E-state index is 14.9. The molecular weight excluding hydrogens is 715 g/mol. The van der Waals surface area contributed by atoms with E-state index in [0.717, 1.165) is 11.1 Å². The molecule has 1 unspecified atom stereocenters. The summed E-state index contributed by atoms with van der Waals surface area (Å²) in [6.45, 7) is 11.3. The number of carbonyl (C=O) groups excluding carboxylic acids is 4. The number of fused-ring (bicyclic) bond motifs is 1. The summed E-state index contributed by atoms with van der Waals surface area (Å²) in [5, 5.41) is 6.88. The third-order valence-electron chi connectivity index (χ3n) is 9.17. The van der Waals surface area contributed by atoms with Gasteiger partial charge in [-0.15, -0.1) is 0 Å². The Bertz CT molecular complexity index is 2020. The standard InChI is InChI=1S/C41H44ClFN4O7/c1-40(2,3)52-38(50)24-16-18-25(19-17-24)44-36(48)35-28-12-9-11-27(32-15-7-8-21-46(32)39(51)53-41(4,5)6)26(28)20-22-47(35)37(49)33-23-31(45-54-33)29-13-10-14-30(42)34(29)43/h7-14,16-19,32-33,35H,15,20-23H2,1-6H3,(H,44,48)/t32?,33-,35+/m1/s1. The number of nitrogens with zero attached hydrogens (tertiary/aromatic N) is 3. The molecule has 3 atom stereocenters. The van der Waals surface area contributed by atoms with E-state index in [4.69, 9.17) is 25.9 Å². The summed E-state index contributed by atoms with van der Waals surface area (Å²) in [5.41, 5.74) is 1.99. The van der Waals surface area contributed by atoms with Crippen molar-refractivity contribution in [2.45, 2.75) is 90.2 Å². The number of esters is 1. The summed E-state index contributed by atoms with van der Waals surface area (Å²) < 4.78 is 26.1. The molecule has 284 valence electrons. The van der Waals surface area contributed by atoms with Crippen molar-refractivity contribution in [2.75, 3.05) is 18.4 Å². The zero-order valence-electron chi connectivity index (χ0n) is 31.2. The Hall–Kier alpha value is -5.23. The zero-order chi connectivity index (χ0) is 38.9. The third-order valence-corrected chi connectivity index (χ3v) is 9.47. The van der Waals surface area contributed by atoms with Crippen molar-refractivity contribution in [1.82, 2.24) is 9.80 Å². The molecule has 3 aromatic carbocycles. The molecule has 11 nitrogen and oxygen atoms in total. The number of benzene rings is 3. The molecule has 0 bridgehead atoms. The van der Waals surface area contributed by atoms with E-state index in [0.29, 0.717) is 36.2 Å². The second-order valence-corrected chi connectivity index (χ2v) is 15.9. The summed E-state index contributed by atoms with van der Waals surface area (Å²) in [6, 6.07) is 14.9. The van der Waals surface area contributed by atoms with E-state index in [9.17, 15) is 23.6 Å². The van der Waals surface area contributed by atoms with Gasteiger partial charge in [-0.3, -0.25) is 14.5 Å². The van der Waals surface area contributed by atoms with Crippen LogP contribution in [-0.2, 0) is 30.3 Å². The molecule has 0 spiro atoms. The lowest BCUT2D eigenvalue weighted by Crippen LogP contribution is -2.49. The molecule has 3 amide bonds. The van der Waals surface area contributed by atoms with Gasteiger partial charge < -0.3 is 24.5 Å². The number of halogens is 2. The molecule has 3 aromatic rings. The van der Waals surface area contributed by atoms with Gasteiger partial charge in [-0.25, -0.2) is 14.0 Å². The van der Waals surface area contributed by atoms with E-state index in [1.54, 1.807) is 56.0 Å². The van der Waals surface area contributed by atoms with Gasteiger partial charge in [-0.2, -0.15) is 0 Å². The minimum absolute atomic E-state index is 0.0286. The van der Waals surface area contributed by atoms with E-state index in [-0.39, 0.29) is 35.3 Å². The van der Waals surface area contributed by atoms with Crippen molar-refractivity contribution in [3.8, 4) is 0 Å². The first kappa shape index (κ1) is 38.5. The Labute approximate surface area is 319 Å². The van der Waals surface area contributed by atoms with E-state index in [1.165, 1.54) is 17.0 Å². The van der Waals surface area contributed by atoms with Crippen molar-refractivity contribution in [2.24, 2.45) is 5.16 Å². The Kier molecular flexibility index (Phi) is 10.9. The van der Waals surface area contributed by atoms with E-state index < -0.39 is 53.0 Å². The normalized spacial score (nSPS) is 19.7. The van der Waals surface area contributed by atoms with Crippen molar-refractivity contribution in [3.63, 3.8) is 0 Å². The summed E-state index contributed by atoms with van der Waals surface area (Å²) in [5.74, 6) is -2.16. The highest BCUT2D eigenvalue weighted by Gasteiger charge is 2.43. The van der Waals surface area contributed by atoms with Gasteiger partial charge in [0.05, 0.1) is 22.3 Å². The lowest BCUT2D eigenvalue weighted by molar-refractivity contribution is -0.148. The van der Waals surface area contributed by atoms with Gasteiger partial charge in [-0.05, 0) is 107 Å². The van der Waals surface area contributed by atoms with Crippen LogP contribution < -0.4 is 5.32 Å². The van der Waals surface area contributed by atoms with Crippen molar-refractivity contribution >= 4 is 46.9 Å². The number of amides is 3. The van der Waals surface area contributed by atoms with Gasteiger partial charge >= 0.3 is 12.1 Å². The van der Waals surface area contributed by atoms with Gasteiger partial charge in [0.25, 0.3) is 11.8 Å². The Morgan fingerprint density at radius 1 is 0.889 bits per heavy atom. The van der Waals surface area contributed by atoms with Crippen LogP contribution in [0, 0.1) is 5.82 Å². The SMILES string of the molecule is CC(C)(C)OC(=O)c1ccc(NC(=O)[C@@H]2c3cccc(C4CC=CCN4C(=O)OC(C)(C)C)c3CCN2C(=O)[C@H]2CC(c3cccc(Cl)c3F)=NO2)cc1. The van der Waals surface area contributed by atoms with Crippen molar-refractivity contribution in [3.05, 3.63) is 111 Å². The summed E-state index contributed by atoms with van der Waals surface area (Å²) in [4.78, 5) is 63.5. The molecular formula is C41H44ClFN4O7. The molecule has 13 heteroatoms. The molecule has 6 rings (SSSR count). The number of nitrogens with one attached hydrogen (secondary N) is 1. The van der Waals surface area contributed by atoms with Crippen LogP contribution in [0.3, 0.4) is 0 Å².